The summed E-state index contributed by atoms with van der Waals surface area (Å²) in [6, 6.07) is 8.39. The van der Waals surface area contributed by atoms with Gasteiger partial charge in [-0.05, 0) is 24.1 Å². The third-order valence-electron chi connectivity index (χ3n) is 2.89. The molecule has 0 unspecified atom stereocenters. The van der Waals surface area contributed by atoms with E-state index in [1.165, 1.54) is 12.5 Å². The second kappa shape index (κ2) is 7.65. The van der Waals surface area contributed by atoms with E-state index in [1.54, 1.807) is 0 Å². The molecule has 0 aliphatic rings. The number of hydrogen-bond donors (Lipinski definition) is 2. The molecule has 2 amide bonds. The predicted octanol–water partition coefficient (Wildman–Crippen LogP) is 1.41. The first-order valence-corrected chi connectivity index (χ1v) is 6.71. The first kappa shape index (κ1) is 16.2. The number of rotatable bonds is 5. The molecule has 0 aliphatic heterocycles. The third kappa shape index (κ3) is 5.84. The van der Waals surface area contributed by atoms with Crippen molar-refractivity contribution in [2.24, 2.45) is 0 Å². The highest BCUT2D eigenvalue weighted by atomic mass is 16.2. The molecule has 1 aromatic rings. The fourth-order valence-electron chi connectivity index (χ4n) is 1.82. The molecule has 0 radical (unpaired) electrons. The second-order valence-corrected chi connectivity index (χ2v) is 5.30. The van der Waals surface area contributed by atoms with Crippen LogP contribution in [0.15, 0.2) is 24.3 Å². The van der Waals surface area contributed by atoms with Crippen molar-refractivity contribution in [3.8, 4) is 0 Å². The van der Waals surface area contributed by atoms with Gasteiger partial charge in [-0.25, -0.2) is 0 Å². The molecule has 1 rings (SSSR count). The fourth-order valence-corrected chi connectivity index (χ4v) is 1.82. The maximum Gasteiger partial charge on any atom is 0.252 e. The topological polar surface area (TPSA) is 61.4 Å². The maximum absolute atomic E-state index is 11.5. The van der Waals surface area contributed by atoms with Crippen molar-refractivity contribution in [3.05, 3.63) is 35.4 Å². The summed E-state index contributed by atoms with van der Waals surface area (Å²) in [5.41, 5.74) is 7.07. The summed E-state index contributed by atoms with van der Waals surface area (Å²) < 4.78 is 0. The molecule has 0 aliphatic carbocycles. The Morgan fingerprint density at radius 3 is 2.25 bits per heavy atom. The summed E-state index contributed by atoms with van der Waals surface area (Å²) in [6.07, 6.45) is 0. The van der Waals surface area contributed by atoms with Crippen LogP contribution < -0.4 is 10.9 Å². The van der Waals surface area contributed by atoms with E-state index in [9.17, 15) is 9.59 Å². The highest BCUT2D eigenvalue weighted by molar-refractivity contribution is 5.81. The number of nitrogens with one attached hydrogen (secondary N) is 2. The van der Waals surface area contributed by atoms with Crippen molar-refractivity contribution in [3.63, 3.8) is 0 Å². The lowest BCUT2D eigenvalue weighted by Crippen LogP contribution is -2.44. The van der Waals surface area contributed by atoms with Crippen LogP contribution in [0.2, 0.25) is 0 Å². The molecular weight excluding hydrogens is 254 g/mol. The summed E-state index contributed by atoms with van der Waals surface area (Å²) in [7, 11) is 1.86. The van der Waals surface area contributed by atoms with Gasteiger partial charge in [0.05, 0.1) is 6.54 Å². The van der Waals surface area contributed by atoms with Crippen molar-refractivity contribution in [2.45, 2.75) is 33.2 Å². The lowest BCUT2D eigenvalue weighted by atomic mass is 10.0. The molecule has 0 fully saturated rings. The summed E-state index contributed by atoms with van der Waals surface area (Å²) in [6.45, 7) is 6.58. The van der Waals surface area contributed by atoms with E-state index in [4.69, 9.17) is 0 Å². The van der Waals surface area contributed by atoms with E-state index < -0.39 is 0 Å². The normalized spacial score (nSPS) is 10.7. The van der Waals surface area contributed by atoms with Crippen LogP contribution in [-0.2, 0) is 16.1 Å². The number of nitrogens with zero attached hydrogens (tertiary/aromatic N) is 1. The minimum atomic E-state index is -0.287. The standard InChI is InChI=1S/C15H23N3O2/c1-11(2)14-7-5-13(6-8-14)9-18(4)10-15(20)17-16-12(3)19/h5-8,11H,9-10H2,1-4H3,(H,16,19)(H,17,20). The monoisotopic (exact) mass is 277 g/mol. The molecule has 5 heteroatoms. The van der Waals surface area contributed by atoms with Gasteiger partial charge in [0.15, 0.2) is 0 Å². The van der Waals surface area contributed by atoms with Crippen LogP contribution in [0.4, 0.5) is 0 Å². The zero-order valence-electron chi connectivity index (χ0n) is 12.6. The summed E-state index contributed by atoms with van der Waals surface area (Å²) in [4.78, 5) is 24.1. The Morgan fingerprint density at radius 1 is 1.15 bits per heavy atom. The number of carbonyl (C=O) groups is 2. The molecular formula is C15H23N3O2. The molecule has 0 saturated carbocycles. The Kier molecular flexibility index (Phi) is 6.18. The Morgan fingerprint density at radius 2 is 1.75 bits per heavy atom. The van der Waals surface area contributed by atoms with Gasteiger partial charge in [0.1, 0.15) is 0 Å². The molecule has 0 bridgehead atoms. The van der Waals surface area contributed by atoms with Gasteiger partial charge in [0.25, 0.3) is 5.91 Å². The Hall–Kier alpha value is -1.88. The van der Waals surface area contributed by atoms with Gasteiger partial charge < -0.3 is 0 Å². The van der Waals surface area contributed by atoms with Crippen LogP contribution in [0.5, 0.6) is 0 Å². The molecule has 0 atom stereocenters. The average molecular weight is 277 g/mol. The Balaban J connectivity index is 2.43. The van der Waals surface area contributed by atoms with Gasteiger partial charge in [-0.15, -0.1) is 0 Å². The van der Waals surface area contributed by atoms with E-state index in [0.29, 0.717) is 12.5 Å². The van der Waals surface area contributed by atoms with E-state index in [1.807, 2.05) is 11.9 Å². The number of likely N-dealkylation sites (N-methyl/N-ethyl adjacent to an activating group) is 1. The SMILES string of the molecule is CC(=O)NNC(=O)CN(C)Cc1ccc(C(C)C)cc1. The summed E-state index contributed by atoms with van der Waals surface area (Å²) in [5.74, 6) is -0.00279. The lowest BCUT2D eigenvalue weighted by molar-refractivity contribution is -0.128. The minimum absolute atomic E-state index is 0.228. The molecule has 1 aromatic carbocycles. The van der Waals surface area contributed by atoms with E-state index in [2.05, 4.69) is 49.0 Å². The summed E-state index contributed by atoms with van der Waals surface area (Å²) in [5, 5.41) is 0. The molecule has 0 aromatic heterocycles. The largest absolute Gasteiger partial charge is 0.293 e. The number of carbonyl (C=O) groups excluding carboxylic acids is 2. The Labute approximate surface area is 120 Å². The first-order chi connectivity index (χ1) is 9.38. The third-order valence-corrected chi connectivity index (χ3v) is 2.89. The smallest absolute Gasteiger partial charge is 0.252 e. The van der Waals surface area contributed by atoms with Crippen molar-refractivity contribution >= 4 is 11.8 Å². The number of hydrogen-bond acceptors (Lipinski definition) is 3. The quantitative estimate of drug-likeness (QED) is 0.800. The van der Waals surface area contributed by atoms with E-state index >= 15 is 0 Å². The van der Waals surface area contributed by atoms with E-state index in [0.717, 1.165) is 5.56 Å². The van der Waals surface area contributed by atoms with Crippen LogP contribution in [0.25, 0.3) is 0 Å². The molecule has 0 saturated heterocycles. The highest BCUT2D eigenvalue weighted by Crippen LogP contribution is 2.15. The zero-order chi connectivity index (χ0) is 15.1. The van der Waals surface area contributed by atoms with Crippen LogP contribution >= 0.6 is 0 Å². The molecule has 110 valence electrons. The van der Waals surface area contributed by atoms with Crippen molar-refractivity contribution in [1.82, 2.24) is 15.8 Å². The molecule has 5 nitrogen and oxygen atoms in total. The van der Waals surface area contributed by atoms with Crippen LogP contribution in [0, 0.1) is 0 Å². The minimum Gasteiger partial charge on any atom is -0.293 e. The van der Waals surface area contributed by atoms with Gasteiger partial charge in [0.2, 0.25) is 5.91 Å². The highest BCUT2D eigenvalue weighted by Gasteiger charge is 2.07. The van der Waals surface area contributed by atoms with Crippen molar-refractivity contribution in [1.29, 1.82) is 0 Å². The molecule has 20 heavy (non-hydrogen) atoms. The van der Waals surface area contributed by atoms with Crippen LogP contribution in [0.1, 0.15) is 37.8 Å². The van der Waals surface area contributed by atoms with Gasteiger partial charge in [0, 0.05) is 13.5 Å². The van der Waals surface area contributed by atoms with Gasteiger partial charge in [-0.1, -0.05) is 38.1 Å². The lowest BCUT2D eigenvalue weighted by Gasteiger charge is -2.17. The van der Waals surface area contributed by atoms with Crippen LogP contribution in [-0.4, -0.2) is 30.3 Å². The molecule has 0 spiro atoms. The predicted molar refractivity (Wildman–Crippen MR) is 78.8 cm³/mol. The number of benzene rings is 1. The van der Waals surface area contributed by atoms with Gasteiger partial charge in [-0.3, -0.25) is 25.3 Å². The fraction of sp³-hybridized carbons (Fsp3) is 0.467. The van der Waals surface area contributed by atoms with Crippen molar-refractivity contribution in [2.75, 3.05) is 13.6 Å². The zero-order valence-corrected chi connectivity index (χ0v) is 12.6. The summed E-state index contributed by atoms with van der Waals surface area (Å²) >= 11 is 0. The number of amides is 2. The number of hydrazine groups is 1. The maximum atomic E-state index is 11.5. The molecule has 2 N–H and O–H groups in total. The van der Waals surface area contributed by atoms with Crippen LogP contribution in [0.3, 0.4) is 0 Å². The van der Waals surface area contributed by atoms with E-state index in [-0.39, 0.29) is 18.4 Å². The Bertz CT molecular complexity index is 455. The second-order valence-electron chi connectivity index (χ2n) is 5.30. The molecule has 0 heterocycles. The first-order valence-electron chi connectivity index (χ1n) is 6.71. The van der Waals surface area contributed by atoms with Crippen molar-refractivity contribution < 1.29 is 9.59 Å². The van der Waals surface area contributed by atoms with Gasteiger partial charge >= 0.3 is 0 Å². The average Bonchev–Trinajstić information content (AvgIpc) is 2.36. The van der Waals surface area contributed by atoms with Gasteiger partial charge in [-0.2, -0.15) is 0 Å².